The fraction of sp³-hybridized carbons (Fsp3) is 0.269. The average Bonchev–Trinajstić information content (AvgIpc) is 2.83. The lowest BCUT2D eigenvalue weighted by Gasteiger charge is -2.23. The number of hydrogen-bond acceptors (Lipinski definition) is 3. The Morgan fingerprint density at radius 3 is 2.00 bits per heavy atom. The Kier molecular flexibility index (Phi) is 6.53. The molecule has 3 aromatic rings. The maximum absolute atomic E-state index is 13.1. The summed E-state index contributed by atoms with van der Waals surface area (Å²) in [6, 6.07) is 25.8. The van der Waals surface area contributed by atoms with E-state index in [9.17, 15) is 4.79 Å². The molecule has 1 aliphatic rings. The normalized spacial score (nSPS) is 14.7. The van der Waals surface area contributed by atoms with Crippen molar-refractivity contribution in [3.63, 3.8) is 0 Å². The van der Waals surface area contributed by atoms with Gasteiger partial charge in [0.15, 0.2) is 17.5 Å². The topological polar surface area (TPSA) is 64.2 Å². The molecule has 0 spiro atoms. The van der Waals surface area contributed by atoms with Gasteiger partial charge >= 0.3 is 0 Å². The molecule has 31 heavy (non-hydrogen) atoms. The Bertz CT molecular complexity index is 968. The number of carbonyl (C=O) groups is 1. The maximum Gasteiger partial charge on any atom is 0.278 e. The number of quaternary nitrogens is 1. The van der Waals surface area contributed by atoms with E-state index >= 15 is 0 Å². The highest BCUT2D eigenvalue weighted by atomic mass is 16.6. The quantitative estimate of drug-likeness (QED) is 0.620. The monoisotopic (exact) mass is 417 g/mol. The van der Waals surface area contributed by atoms with Crippen molar-refractivity contribution in [2.75, 3.05) is 13.2 Å². The number of rotatable bonds is 7. The van der Waals surface area contributed by atoms with Gasteiger partial charge in [-0.3, -0.25) is 4.79 Å². The number of nitrogens with one attached hydrogen (secondary N) is 1. The molecule has 1 aliphatic heterocycles. The van der Waals surface area contributed by atoms with Crippen LogP contribution in [0.3, 0.4) is 0 Å². The minimum absolute atomic E-state index is 0.00194. The first-order valence-corrected chi connectivity index (χ1v) is 10.8. The van der Waals surface area contributed by atoms with Crippen molar-refractivity contribution in [3.05, 3.63) is 95.6 Å². The Hall–Kier alpha value is -3.31. The predicted octanol–water partition coefficient (Wildman–Crippen LogP) is 3.38. The van der Waals surface area contributed by atoms with Gasteiger partial charge in [-0.05, 0) is 43.2 Å². The lowest BCUT2D eigenvalue weighted by Crippen LogP contribution is -2.92. The molecule has 1 amide bonds. The number of fused-ring (bicyclic) bond motifs is 1. The van der Waals surface area contributed by atoms with Gasteiger partial charge in [0, 0.05) is 5.56 Å². The number of hydrogen-bond donors (Lipinski definition) is 2. The van der Waals surface area contributed by atoms with Crippen LogP contribution in [0.1, 0.15) is 42.6 Å². The summed E-state index contributed by atoms with van der Waals surface area (Å²) in [6.07, 6.45) is 0. The maximum atomic E-state index is 13.1. The van der Waals surface area contributed by atoms with E-state index in [0.717, 1.165) is 28.2 Å². The van der Waals surface area contributed by atoms with Gasteiger partial charge in [0.05, 0.1) is 6.04 Å². The van der Waals surface area contributed by atoms with E-state index in [1.165, 1.54) is 0 Å². The lowest BCUT2D eigenvalue weighted by atomic mass is 9.98. The van der Waals surface area contributed by atoms with E-state index < -0.39 is 0 Å². The molecule has 3 aromatic carbocycles. The zero-order valence-electron chi connectivity index (χ0n) is 18.0. The molecule has 0 aromatic heterocycles. The molecule has 5 heteroatoms. The Balaban J connectivity index is 1.45. The lowest BCUT2D eigenvalue weighted by molar-refractivity contribution is -0.710. The highest BCUT2D eigenvalue weighted by Crippen LogP contribution is 2.32. The standard InChI is InChI=1S/C26H28N2O3/c1-18(22-13-14-23-24(17-22)31-16-15-30-23)27-19(2)26(29)28-25(20-9-5-3-6-10-20)21-11-7-4-8-12-21/h3-14,17-19,25,27H,15-16H2,1-2H3,(H,28,29)/p+1/t18-,19-/m1/s1. The summed E-state index contributed by atoms with van der Waals surface area (Å²) in [5.41, 5.74) is 3.23. The molecule has 0 saturated carbocycles. The molecule has 2 atom stereocenters. The summed E-state index contributed by atoms with van der Waals surface area (Å²) in [5, 5.41) is 5.32. The third kappa shape index (κ3) is 5.06. The molecule has 0 unspecified atom stereocenters. The first kappa shape index (κ1) is 20.9. The zero-order valence-corrected chi connectivity index (χ0v) is 18.0. The molecule has 0 aliphatic carbocycles. The van der Waals surface area contributed by atoms with Gasteiger partial charge < -0.3 is 20.1 Å². The van der Waals surface area contributed by atoms with E-state index in [1.54, 1.807) is 0 Å². The highest BCUT2D eigenvalue weighted by Gasteiger charge is 2.25. The number of amides is 1. The van der Waals surface area contributed by atoms with Crippen molar-refractivity contribution in [1.29, 1.82) is 0 Å². The van der Waals surface area contributed by atoms with Crippen LogP contribution in [-0.4, -0.2) is 25.2 Å². The number of ether oxygens (including phenoxy) is 2. The molecule has 0 radical (unpaired) electrons. The molecule has 0 bridgehead atoms. The smallest absolute Gasteiger partial charge is 0.278 e. The van der Waals surface area contributed by atoms with Crippen LogP contribution in [0.15, 0.2) is 78.9 Å². The minimum atomic E-state index is -0.252. The van der Waals surface area contributed by atoms with Crippen LogP contribution >= 0.6 is 0 Å². The first-order valence-electron chi connectivity index (χ1n) is 10.8. The largest absolute Gasteiger partial charge is 0.486 e. The van der Waals surface area contributed by atoms with Gasteiger partial charge in [0.25, 0.3) is 5.91 Å². The van der Waals surface area contributed by atoms with E-state index in [0.29, 0.717) is 13.2 Å². The van der Waals surface area contributed by atoms with E-state index in [4.69, 9.17) is 9.47 Å². The molecule has 0 saturated heterocycles. The second-order valence-electron chi connectivity index (χ2n) is 7.94. The summed E-state index contributed by atoms with van der Waals surface area (Å²) in [6.45, 7) is 5.18. The Morgan fingerprint density at radius 2 is 1.39 bits per heavy atom. The van der Waals surface area contributed by atoms with Crippen LogP contribution in [0, 0.1) is 0 Å². The fourth-order valence-corrected chi connectivity index (χ4v) is 3.90. The van der Waals surface area contributed by atoms with Crippen LogP contribution in [0.4, 0.5) is 0 Å². The molecule has 3 N–H and O–H groups in total. The Labute approximate surface area is 183 Å². The number of carbonyl (C=O) groups excluding carboxylic acids is 1. The van der Waals surface area contributed by atoms with Gasteiger partial charge in [0.1, 0.15) is 19.3 Å². The van der Waals surface area contributed by atoms with E-state index in [-0.39, 0.29) is 24.0 Å². The van der Waals surface area contributed by atoms with Gasteiger partial charge in [-0.2, -0.15) is 0 Å². The predicted molar refractivity (Wildman–Crippen MR) is 120 cm³/mol. The third-order valence-corrected chi connectivity index (χ3v) is 5.64. The second kappa shape index (κ2) is 9.67. The van der Waals surface area contributed by atoms with Crippen molar-refractivity contribution in [3.8, 4) is 11.5 Å². The average molecular weight is 418 g/mol. The van der Waals surface area contributed by atoms with Gasteiger partial charge in [-0.25, -0.2) is 0 Å². The van der Waals surface area contributed by atoms with E-state index in [2.05, 4.69) is 17.6 Å². The van der Waals surface area contributed by atoms with Crippen molar-refractivity contribution >= 4 is 5.91 Å². The molecule has 5 nitrogen and oxygen atoms in total. The molecule has 4 rings (SSSR count). The first-order chi connectivity index (χ1) is 15.1. The zero-order chi connectivity index (χ0) is 21.6. The van der Waals surface area contributed by atoms with Crippen LogP contribution in [0.5, 0.6) is 11.5 Å². The SMILES string of the molecule is C[C@@H]([NH2+][C@H](C)c1ccc2c(c1)OCCO2)C(=O)NC(c1ccccc1)c1ccccc1. The number of nitrogens with two attached hydrogens (primary N) is 1. The van der Waals surface area contributed by atoms with Gasteiger partial charge in [0.2, 0.25) is 0 Å². The minimum Gasteiger partial charge on any atom is -0.486 e. The van der Waals surface area contributed by atoms with Crippen LogP contribution in [0.2, 0.25) is 0 Å². The summed E-state index contributed by atoms with van der Waals surface area (Å²) >= 11 is 0. The Morgan fingerprint density at radius 1 is 0.806 bits per heavy atom. The molecular formula is C26H29N2O3+. The second-order valence-corrected chi connectivity index (χ2v) is 7.94. The molecule has 0 fully saturated rings. The van der Waals surface area contributed by atoms with Crippen molar-refractivity contribution in [2.45, 2.75) is 32.0 Å². The number of benzene rings is 3. The fourth-order valence-electron chi connectivity index (χ4n) is 3.90. The van der Waals surface area contributed by atoms with Gasteiger partial charge in [-0.15, -0.1) is 0 Å². The van der Waals surface area contributed by atoms with Crippen LogP contribution in [0.25, 0.3) is 0 Å². The summed E-state index contributed by atoms with van der Waals surface area (Å²) in [5.74, 6) is 1.55. The van der Waals surface area contributed by atoms with E-state index in [1.807, 2.05) is 85.8 Å². The third-order valence-electron chi connectivity index (χ3n) is 5.64. The molecule has 1 heterocycles. The van der Waals surface area contributed by atoms with Crippen LogP contribution < -0.4 is 20.1 Å². The summed E-state index contributed by atoms with van der Waals surface area (Å²) < 4.78 is 11.3. The van der Waals surface area contributed by atoms with Crippen molar-refractivity contribution in [1.82, 2.24) is 5.32 Å². The summed E-state index contributed by atoms with van der Waals surface area (Å²) in [4.78, 5) is 13.1. The molecule has 160 valence electrons. The van der Waals surface area contributed by atoms with Crippen molar-refractivity contribution in [2.24, 2.45) is 0 Å². The molecular weight excluding hydrogens is 388 g/mol. The van der Waals surface area contributed by atoms with Crippen molar-refractivity contribution < 1.29 is 19.6 Å². The van der Waals surface area contributed by atoms with Crippen LogP contribution in [-0.2, 0) is 4.79 Å². The highest BCUT2D eigenvalue weighted by molar-refractivity contribution is 5.80. The summed E-state index contributed by atoms with van der Waals surface area (Å²) in [7, 11) is 0. The van der Waals surface area contributed by atoms with Gasteiger partial charge in [-0.1, -0.05) is 60.7 Å².